The van der Waals surface area contributed by atoms with E-state index in [1.807, 2.05) is 6.92 Å². The fourth-order valence-electron chi connectivity index (χ4n) is 2.78. The minimum absolute atomic E-state index is 0.0109. The van der Waals surface area contributed by atoms with Gasteiger partial charge >= 0.3 is 6.18 Å². The monoisotopic (exact) mass is 362 g/mol. The number of carbonyl (C=O) groups is 1. The quantitative estimate of drug-likeness (QED) is 0.904. The zero-order chi connectivity index (χ0) is 18.9. The Morgan fingerprint density at radius 2 is 1.77 bits per heavy atom. The van der Waals surface area contributed by atoms with E-state index in [0.717, 1.165) is 12.0 Å². The highest BCUT2D eigenvalue weighted by molar-refractivity contribution is 6.05. The van der Waals surface area contributed by atoms with Crippen LogP contribution < -0.4 is 0 Å². The van der Waals surface area contributed by atoms with E-state index in [-0.39, 0.29) is 16.3 Å². The number of benzene rings is 2. The molecule has 4 nitrogen and oxygen atoms in total. The number of alkyl halides is 3. The van der Waals surface area contributed by atoms with Crippen LogP contribution in [0, 0.1) is 0 Å². The highest BCUT2D eigenvalue weighted by Gasteiger charge is 2.63. The molecule has 2 aromatic carbocycles. The Morgan fingerprint density at radius 1 is 1.15 bits per heavy atom. The molecule has 0 aromatic heterocycles. The van der Waals surface area contributed by atoms with Gasteiger partial charge in [-0.15, -0.1) is 0 Å². The Bertz CT molecular complexity index is 832. The van der Waals surface area contributed by atoms with E-state index < -0.39 is 24.2 Å². The van der Waals surface area contributed by atoms with Gasteiger partial charge < -0.3 is 5.11 Å². The van der Waals surface area contributed by atoms with Crippen molar-refractivity contribution in [3.05, 3.63) is 71.3 Å². The van der Waals surface area contributed by atoms with Crippen LogP contribution in [-0.4, -0.2) is 33.6 Å². The van der Waals surface area contributed by atoms with Crippen molar-refractivity contribution in [2.75, 3.05) is 0 Å². The van der Waals surface area contributed by atoms with E-state index in [9.17, 15) is 23.1 Å². The third-order valence-electron chi connectivity index (χ3n) is 4.35. The molecular weight excluding hydrogens is 345 g/mol. The maximum atomic E-state index is 13.6. The van der Waals surface area contributed by atoms with E-state index in [1.54, 1.807) is 30.3 Å². The van der Waals surface area contributed by atoms with Crippen LogP contribution in [0.2, 0.25) is 0 Å². The van der Waals surface area contributed by atoms with Crippen LogP contribution in [0.25, 0.3) is 0 Å². The molecule has 7 heteroatoms. The fraction of sp³-hybridized carbons (Fsp3) is 0.263. The third kappa shape index (κ3) is 3.10. The molecule has 0 aliphatic carbocycles. The van der Waals surface area contributed by atoms with Gasteiger partial charge in [0.1, 0.15) is 0 Å². The van der Waals surface area contributed by atoms with E-state index in [1.165, 1.54) is 24.3 Å². The summed E-state index contributed by atoms with van der Waals surface area (Å²) in [5.74, 6) is -1.01. The van der Waals surface area contributed by atoms with Gasteiger partial charge in [0.2, 0.25) is 0 Å². The predicted molar refractivity (Wildman–Crippen MR) is 90.6 cm³/mol. The summed E-state index contributed by atoms with van der Waals surface area (Å²) in [6, 6.07) is 14.3. The van der Waals surface area contributed by atoms with Gasteiger partial charge in [-0.3, -0.25) is 4.79 Å². The average molecular weight is 362 g/mol. The van der Waals surface area contributed by atoms with Crippen LogP contribution >= 0.6 is 0 Å². The van der Waals surface area contributed by atoms with Gasteiger partial charge in [-0.25, -0.2) is 0 Å². The molecule has 0 radical (unpaired) electrons. The number of amides is 1. The molecular formula is C19H17F3N2O2. The second kappa shape index (κ2) is 6.57. The number of halogens is 3. The van der Waals surface area contributed by atoms with Gasteiger partial charge in [-0.05, 0) is 29.7 Å². The Morgan fingerprint density at radius 3 is 2.31 bits per heavy atom. The summed E-state index contributed by atoms with van der Waals surface area (Å²) in [6.45, 7) is 1.96. The van der Waals surface area contributed by atoms with Crippen molar-refractivity contribution >= 4 is 11.6 Å². The largest absolute Gasteiger partial charge is 0.438 e. The van der Waals surface area contributed by atoms with Gasteiger partial charge in [-0.2, -0.15) is 23.3 Å². The first-order chi connectivity index (χ1) is 12.3. The molecule has 0 fully saturated rings. The van der Waals surface area contributed by atoms with Crippen molar-refractivity contribution in [1.82, 2.24) is 5.01 Å². The number of hydrazone groups is 1. The topological polar surface area (TPSA) is 52.9 Å². The van der Waals surface area contributed by atoms with Gasteiger partial charge in [0.15, 0.2) is 0 Å². The second-order valence-corrected chi connectivity index (χ2v) is 6.07. The van der Waals surface area contributed by atoms with E-state index in [4.69, 9.17) is 0 Å². The minimum Gasteiger partial charge on any atom is -0.362 e. The zero-order valence-corrected chi connectivity index (χ0v) is 14.0. The molecule has 3 rings (SSSR count). The molecule has 0 spiro atoms. The van der Waals surface area contributed by atoms with E-state index in [2.05, 4.69) is 5.10 Å². The summed E-state index contributed by atoms with van der Waals surface area (Å²) in [4.78, 5) is 12.5. The summed E-state index contributed by atoms with van der Waals surface area (Å²) in [6.07, 6.45) is -5.08. The normalized spacial score (nSPS) is 20.2. The molecule has 1 atom stereocenters. The highest BCUT2D eigenvalue weighted by Crippen LogP contribution is 2.42. The van der Waals surface area contributed by atoms with Crippen LogP contribution in [0.1, 0.15) is 34.8 Å². The van der Waals surface area contributed by atoms with Crippen LogP contribution in [-0.2, 0) is 6.42 Å². The molecule has 2 aromatic rings. The van der Waals surface area contributed by atoms with Gasteiger partial charge in [0.25, 0.3) is 11.6 Å². The molecule has 1 amide bonds. The first-order valence-electron chi connectivity index (χ1n) is 8.12. The predicted octanol–water partition coefficient (Wildman–Crippen LogP) is 3.75. The fourth-order valence-corrected chi connectivity index (χ4v) is 2.78. The lowest BCUT2D eigenvalue weighted by atomic mass is 9.99. The highest BCUT2D eigenvalue weighted by atomic mass is 19.4. The number of hydrogen-bond acceptors (Lipinski definition) is 3. The van der Waals surface area contributed by atoms with Gasteiger partial charge in [0.05, 0.1) is 12.1 Å². The molecule has 0 saturated carbocycles. The number of hydrogen-bond donors (Lipinski definition) is 1. The first-order valence-corrected chi connectivity index (χ1v) is 8.12. The molecule has 136 valence electrons. The van der Waals surface area contributed by atoms with Crippen LogP contribution in [0.15, 0.2) is 59.7 Å². The summed E-state index contributed by atoms with van der Waals surface area (Å²) < 4.78 is 40.7. The maximum Gasteiger partial charge on any atom is 0.438 e. The Hall–Kier alpha value is -2.67. The summed E-state index contributed by atoms with van der Waals surface area (Å²) in [7, 11) is 0. The molecule has 1 aliphatic heterocycles. The smallest absolute Gasteiger partial charge is 0.362 e. The molecule has 26 heavy (non-hydrogen) atoms. The summed E-state index contributed by atoms with van der Waals surface area (Å²) in [5.41, 5.74) is -1.89. The van der Waals surface area contributed by atoms with Crippen molar-refractivity contribution in [2.24, 2.45) is 5.10 Å². The van der Waals surface area contributed by atoms with Crippen molar-refractivity contribution in [1.29, 1.82) is 0 Å². The number of aryl methyl sites for hydroxylation is 1. The number of nitrogens with zero attached hydrogens (tertiary/aromatic N) is 2. The lowest BCUT2D eigenvalue weighted by Gasteiger charge is -2.32. The molecule has 0 bridgehead atoms. The average Bonchev–Trinajstić information content (AvgIpc) is 3.01. The first kappa shape index (κ1) is 18.1. The van der Waals surface area contributed by atoms with Crippen LogP contribution in [0.5, 0.6) is 0 Å². The third-order valence-corrected chi connectivity index (χ3v) is 4.35. The molecule has 0 saturated heterocycles. The SMILES string of the molecule is CCc1ccc(C2=NN(C(=O)c3ccccc3)[C@](O)(C(F)(F)F)C2)cc1. The lowest BCUT2D eigenvalue weighted by molar-refractivity contribution is -0.297. The van der Waals surface area contributed by atoms with Crippen molar-refractivity contribution in [3.8, 4) is 0 Å². The molecule has 1 heterocycles. The summed E-state index contributed by atoms with van der Waals surface area (Å²) in [5, 5.41) is 14.3. The summed E-state index contributed by atoms with van der Waals surface area (Å²) >= 11 is 0. The number of rotatable bonds is 3. The van der Waals surface area contributed by atoms with Gasteiger partial charge in [-0.1, -0.05) is 49.4 Å². The number of carbonyl (C=O) groups excluding carboxylic acids is 1. The molecule has 1 aliphatic rings. The van der Waals surface area contributed by atoms with Crippen molar-refractivity contribution in [2.45, 2.75) is 31.7 Å². The number of aliphatic hydroxyl groups is 1. The molecule has 1 N–H and O–H groups in total. The molecule has 0 unspecified atom stereocenters. The second-order valence-electron chi connectivity index (χ2n) is 6.07. The van der Waals surface area contributed by atoms with Gasteiger partial charge in [0, 0.05) is 5.56 Å². The van der Waals surface area contributed by atoms with Crippen LogP contribution in [0.3, 0.4) is 0 Å². The van der Waals surface area contributed by atoms with E-state index >= 15 is 0 Å². The van der Waals surface area contributed by atoms with E-state index in [0.29, 0.717) is 5.56 Å². The zero-order valence-electron chi connectivity index (χ0n) is 14.0. The Kier molecular flexibility index (Phi) is 4.58. The Labute approximate surface area is 148 Å². The van der Waals surface area contributed by atoms with Crippen LogP contribution in [0.4, 0.5) is 13.2 Å². The maximum absolute atomic E-state index is 13.6. The Balaban J connectivity index is 2.02. The van der Waals surface area contributed by atoms with Crippen molar-refractivity contribution in [3.63, 3.8) is 0 Å². The lowest BCUT2D eigenvalue weighted by Crippen LogP contribution is -2.56. The van der Waals surface area contributed by atoms with Crippen molar-refractivity contribution < 1.29 is 23.1 Å². The minimum atomic E-state index is -5.05. The standard InChI is InChI=1S/C19H17F3N2O2/c1-2-13-8-10-14(11-9-13)16-12-18(26,19(20,21)22)24(23-16)17(25)15-6-4-3-5-7-15/h3-11,26H,2,12H2,1H3/t18-/m1/s1.